The lowest BCUT2D eigenvalue weighted by Crippen LogP contribution is -2.63. The number of carbonyl (C=O) groups is 1. The van der Waals surface area contributed by atoms with Crippen molar-refractivity contribution in [2.24, 2.45) is 0 Å². The average molecular weight is 731 g/mol. The van der Waals surface area contributed by atoms with Gasteiger partial charge in [-0.2, -0.15) is 0 Å². The molecule has 0 saturated carbocycles. The quantitative estimate of drug-likeness (QED) is 0.0693. The number of ether oxygens (including phenoxy) is 7. The largest absolute Gasteiger partial charge is 0.467 e. The van der Waals surface area contributed by atoms with Crippen LogP contribution < -0.4 is 0 Å². The molecule has 274 valence electrons. The van der Waals surface area contributed by atoms with E-state index in [1.807, 2.05) is 91.0 Å². The maximum absolute atomic E-state index is 13.8. The van der Waals surface area contributed by atoms with E-state index in [0.29, 0.717) is 13.2 Å². The van der Waals surface area contributed by atoms with Gasteiger partial charge >= 0.3 is 13.6 Å². The molecule has 13 heteroatoms. The Morgan fingerprint density at radius 1 is 0.720 bits per heavy atom. The van der Waals surface area contributed by atoms with E-state index in [4.69, 9.17) is 42.2 Å². The third-order valence-electron chi connectivity index (χ3n) is 8.17. The molecular formula is C37H51O11PSi. The van der Waals surface area contributed by atoms with Gasteiger partial charge in [-0.25, -0.2) is 4.79 Å². The molecule has 1 fully saturated rings. The minimum atomic E-state index is -4.20. The monoisotopic (exact) mass is 730 g/mol. The van der Waals surface area contributed by atoms with E-state index in [-0.39, 0.29) is 19.8 Å². The smallest absolute Gasteiger partial charge is 0.370 e. The predicted octanol–water partition coefficient (Wildman–Crippen LogP) is 6.82. The molecular weight excluding hydrogens is 679 g/mol. The third-order valence-corrected chi connectivity index (χ3v) is 11.8. The van der Waals surface area contributed by atoms with Crippen molar-refractivity contribution in [1.82, 2.24) is 0 Å². The molecule has 0 spiro atoms. The van der Waals surface area contributed by atoms with Gasteiger partial charge in [0.15, 0.2) is 6.29 Å². The molecule has 0 radical (unpaired) electrons. The lowest BCUT2D eigenvalue weighted by atomic mass is 9.98. The lowest BCUT2D eigenvalue weighted by molar-refractivity contribution is -0.327. The molecule has 0 amide bonds. The molecule has 0 bridgehead atoms. The molecule has 3 aromatic carbocycles. The van der Waals surface area contributed by atoms with Gasteiger partial charge in [0.2, 0.25) is 0 Å². The molecule has 1 saturated heterocycles. The van der Waals surface area contributed by atoms with E-state index in [1.165, 1.54) is 21.3 Å². The van der Waals surface area contributed by atoms with Crippen LogP contribution in [0.15, 0.2) is 91.0 Å². The zero-order chi connectivity index (χ0) is 36.0. The maximum Gasteiger partial charge on any atom is 0.370 e. The number of rotatable bonds is 20. The number of hydrogen-bond acceptors (Lipinski definition) is 11. The molecule has 1 unspecified atom stereocenters. The van der Waals surface area contributed by atoms with Crippen LogP contribution in [0, 0.1) is 0 Å². The van der Waals surface area contributed by atoms with Crippen LogP contribution >= 0.6 is 7.60 Å². The SMILES string of the molecule is COC(=O)C(O[C@H]1[C@@H](OCc2ccccc2)[C@@H](COCc2ccccc2)O[C@@H](OCC[Si](C)(C)C)[C@@H]1OCc1ccccc1)P(=O)(OC)OC. The lowest BCUT2D eigenvalue weighted by Gasteiger charge is -2.46. The summed E-state index contributed by atoms with van der Waals surface area (Å²) in [5.41, 5.74) is 2.78. The van der Waals surface area contributed by atoms with Gasteiger partial charge in [0.25, 0.3) is 5.85 Å². The highest BCUT2D eigenvalue weighted by atomic mass is 31.2. The van der Waals surface area contributed by atoms with Crippen molar-refractivity contribution in [3.05, 3.63) is 108 Å². The highest BCUT2D eigenvalue weighted by molar-refractivity contribution is 7.55. The fourth-order valence-corrected chi connectivity index (χ4v) is 7.25. The number of benzene rings is 3. The second kappa shape index (κ2) is 19.8. The summed E-state index contributed by atoms with van der Waals surface area (Å²) < 4.78 is 68.4. The van der Waals surface area contributed by atoms with Gasteiger partial charge in [-0.05, 0) is 22.7 Å². The Morgan fingerprint density at radius 3 is 1.70 bits per heavy atom. The van der Waals surface area contributed by atoms with Crippen LogP contribution in [0.3, 0.4) is 0 Å². The summed E-state index contributed by atoms with van der Waals surface area (Å²) in [6, 6.07) is 29.9. The summed E-state index contributed by atoms with van der Waals surface area (Å²) in [6.45, 7) is 7.92. The Morgan fingerprint density at radius 2 is 1.22 bits per heavy atom. The average Bonchev–Trinajstić information content (AvgIpc) is 3.13. The van der Waals surface area contributed by atoms with Crippen molar-refractivity contribution in [3.8, 4) is 0 Å². The first kappa shape index (κ1) is 40.0. The number of carbonyl (C=O) groups excluding carboxylic acids is 1. The van der Waals surface area contributed by atoms with E-state index in [9.17, 15) is 9.36 Å². The number of hydrogen-bond donors (Lipinski definition) is 0. The minimum absolute atomic E-state index is 0.0859. The fraction of sp³-hybridized carbons (Fsp3) is 0.486. The van der Waals surface area contributed by atoms with E-state index in [1.54, 1.807) is 0 Å². The normalized spacial score (nSPS) is 21.8. The summed E-state index contributed by atoms with van der Waals surface area (Å²) in [5.74, 6) is -2.72. The van der Waals surface area contributed by atoms with Gasteiger partial charge in [-0.3, -0.25) is 4.57 Å². The summed E-state index contributed by atoms with van der Waals surface area (Å²) in [5, 5.41) is 0. The van der Waals surface area contributed by atoms with Crippen molar-refractivity contribution in [2.45, 2.75) is 82.1 Å². The van der Waals surface area contributed by atoms with Crippen molar-refractivity contribution in [1.29, 1.82) is 0 Å². The Balaban J connectivity index is 1.76. The van der Waals surface area contributed by atoms with Gasteiger partial charge in [-0.15, -0.1) is 0 Å². The van der Waals surface area contributed by atoms with Crippen LogP contribution in [0.4, 0.5) is 0 Å². The van der Waals surface area contributed by atoms with Crippen molar-refractivity contribution >= 4 is 21.6 Å². The first-order valence-corrected chi connectivity index (χ1v) is 22.0. The molecule has 0 N–H and O–H groups in total. The fourth-order valence-electron chi connectivity index (χ4n) is 5.34. The first-order chi connectivity index (χ1) is 24.1. The minimum Gasteiger partial charge on any atom is -0.467 e. The Hall–Kier alpha value is -2.74. The Bertz CT molecular complexity index is 1450. The highest BCUT2D eigenvalue weighted by Crippen LogP contribution is 2.53. The Labute approximate surface area is 297 Å². The molecule has 1 aliphatic heterocycles. The van der Waals surface area contributed by atoms with Crippen LogP contribution in [0.1, 0.15) is 16.7 Å². The molecule has 0 aliphatic carbocycles. The van der Waals surface area contributed by atoms with Gasteiger partial charge in [0, 0.05) is 28.9 Å². The van der Waals surface area contributed by atoms with Crippen molar-refractivity contribution in [2.75, 3.05) is 34.5 Å². The van der Waals surface area contributed by atoms with E-state index < -0.39 is 58.2 Å². The van der Waals surface area contributed by atoms with Crippen molar-refractivity contribution < 1.29 is 51.6 Å². The van der Waals surface area contributed by atoms with Gasteiger partial charge in [0.05, 0.1) is 33.5 Å². The van der Waals surface area contributed by atoms with E-state index >= 15 is 0 Å². The van der Waals surface area contributed by atoms with Gasteiger partial charge < -0.3 is 42.2 Å². The second-order valence-electron chi connectivity index (χ2n) is 13.1. The molecule has 4 rings (SSSR count). The molecule has 6 atom stereocenters. The van der Waals surface area contributed by atoms with Crippen LogP contribution in [0.25, 0.3) is 0 Å². The third kappa shape index (κ3) is 11.9. The van der Waals surface area contributed by atoms with E-state index in [0.717, 1.165) is 22.7 Å². The molecule has 1 aliphatic rings. The Kier molecular flexibility index (Phi) is 15.8. The maximum atomic E-state index is 13.8. The summed E-state index contributed by atoms with van der Waals surface area (Å²) in [6.07, 6.45) is -4.69. The molecule has 3 aromatic rings. The zero-order valence-corrected chi connectivity index (χ0v) is 31.7. The van der Waals surface area contributed by atoms with Gasteiger partial charge in [-0.1, -0.05) is 111 Å². The van der Waals surface area contributed by atoms with Crippen LogP contribution in [0.5, 0.6) is 0 Å². The molecule has 50 heavy (non-hydrogen) atoms. The second-order valence-corrected chi connectivity index (χ2v) is 21.0. The van der Waals surface area contributed by atoms with Crippen LogP contribution in [-0.2, 0) is 71.4 Å². The molecule has 0 aromatic heterocycles. The van der Waals surface area contributed by atoms with Crippen LogP contribution in [-0.4, -0.2) is 85.1 Å². The topological polar surface area (TPSA) is 117 Å². The molecule has 1 heterocycles. The van der Waals surface area contributed by atoms with Crippen molar-refractivity contribution in [3.63, 3.8) is 0 Å². The van der Waals surface area contributed by atoms with E-state index in [2.05, 4.69) is 19.6 Å². The summed E-state index contributed by atoms with van der Waals surface area (Å²) in [7, 11) is -2.16. The van der Waals surface area contributed by atoms with Crippen LogP contribution in [0.2, 0.25) is 25.7 Å². The number of methoxy groups -OCH3 is 1. The van der Waals surface area contributed by atoms with Gasteiger partial charge in [0.1, 0.15) is 24.4 Å². The predicted molar refractivity (Wildman–Crippen MR) is 191 cm³/mol. The summed E-state index contributed by atoms with van der Waals surface area (Å²) in [4.78, 5) is 13.3. The standard InChI is InChI=1S/C37H51O11PSi/c1-40-35(38)37(49(39,41-2)42-3)48-33-32(45-25-29-18-12-8-13-19-29)31(27-43-24-28-16-10-7-11-17-28)47-36(44-22-23-50(4,5)6)34(33)46-26-30-20-14-9-15-21-30/h7-21,31-34,36-37H,22-27H2,1-6H3/t31-,32+,33+,34-,36-,37?/m1/s1. The number of esters is 1. The first-order valence-electron chi connectivity index (χ1n) is 16.7. The highest BCUT2D eigenvalue weighted by Gasteiger charge is 2.54. The summed E-state index contributed by atoms with van der Waals surface area (Å²) >= 11 is 0. The zero-order valence-electron chi connectivity index (χ0n) is 29.8. The molecule has 11 nitrogen and oxygen atoms in total.